The van der Waals surface area contributed by atoms with Gasteiger partial charge in [-0.2, -0.15) is 0 Å². The van der Waals surface area contributed by atoms with Gasteiger partial charge in [-0.15, -0.1) is 0 Å². The zero-order chi connectivity index (χ0) is 16.7. The molecule has 0 radical (unpaired) electrons. The molecular weight excluding hydrogens is 276 g/mol. The molecule has 0 saturated heterocycles. The van der Waals surface area contributed by atoms with Gasteiger partial charge in [-0.25, -0.2) is 0 Å². The largest absolute Gasteiger partial charge is 0.466 e. The Morgan fingerprint density at radius 1 is 1.36 bits per heavy atom. The molecule has 22 heavy (non-hydrogen) atoms. The highest BCUT2D eigenvalue weighted by atomic mass is 16.5. The number of esters is 1. The van der Waals surface area contributed by atoms with Crippen molar-refractivity contribution in [2.24, 2.45) is 28.6 Å². The molecule has 3 heteroatoms. The molecule has 2 saturated carbocycles. The first-order valence-corrected chi connectivity index (χ1v) is 8.58. The molecule has 0 spiro atoms. The summed E-state index contributed by atoms with van der Waals surface area (Å²) < 4.78 is 5.21. The van der Waals surface area contributed by atoms with E-state index in [1.165, 1.54) is 0 Å². The average molecular weight is 306 g/mol. The number of allylic oxidation sites excluding steroid dienone is 1. The highest BCUT2D eigenvalue weighted by molar-refractivity contribution is 6.05. The maximum absolute atomic E-state index is 12.9. The Labute approximate surface area is 134 Å². The van der Waals surface area contributed by atoms with Gasteiger partial charge in [-0.1, -0.05) is 40.7 Å². The van der Waals surface area contributed by atoms with Gasteiger partial charge in [-0.05, 0) is 49.0 Å². The summed E-state index contributed by atoms with van der Waals surface area (Å²) in [6.45, 7) is 12.9. The van der Waals surface area contributed by atoms with Gasteiger partial charge in [-0.3, -0.25) is 9.59 Å². The van der Waals surface area contributed by atoms with Crippen LogP contribution in [0.1, 0.15) is 60.8 Å². The van der Waals surface area contributed by atoms with Crippen LogP contribution in [0.2, 0.25) is 0 Å². The van der Waals surface area contributed by atoms with Crippen LogP contribution in [0.4, 0.5) is 0 Å². The van der Waals surface area contributed by atoms with Gasteiger partial charge in [0.2, 0.25) is 0 Å². The summed E-state index contributed by atoms with van der Waals surface area (Å²) in [6.07, 6.45) is 4.70. The van der Waals surface area contributed by atoms with E-state index < -0.39 is 0 Å². The Bertz CT molecular complexity index is 501. The molecule has 3 atom stereocenters. The van der Waals surface area contributed by atoms with Crippen molar-refractivity contribution in [1.82, 2.24) is 0 Å². The van der Waals surface area contributed by atoms with Crippen LogP contribution in [0.3, 0.4) is 0 Å². The van der Waals surface area contributed by atoms with E-state index in [4.69, 9.17) is 4.74 Å². The molecule has 2 aliphatic rings. The molecule has 0 aromatic carbocycles. The van der Waals surface area contributed by atoms with Gasteiger partial charge >= 0.3 is 5.97 Å². The molecule has 0 unspecified atom stereocenters. The molecule has 0 heterocycles. The normalized spacial score (nSPS) is 32.8. The molecule has 2 fully saturated rings. The smallest absolute Gasteiger partial charge is 0.312 e. The van der Waals surface area contributed by atoms with Crippen molar-refractivity contribution in [2.75, 3.05) is 6.61 Å². The Morgan fingerprint density at radius 3 is 2.45 bits per heavy atom. The monoisotopic (exact) mass is 306 g/mol. The predicted molar refractivity (Wildman–Crippen MR) is 87.3 cm³/mol. The lowest BCUT2D eigenvalue weighted by Crippen LogP contribution is -2.32. The summed E-state index contributed by atoms with van der Waals surface area (Å²) in [5, 5.41) is 0. The van der Waals surface area contributed by atoms with Crippen molar-refractivity contribution >= 4 is 11.8 Å². The van der Waals surface area contributed by atoms with Crippen LogP contribution in [0.25, 0.3) is 0 Å². The molecule has 2 rings (SSSR count). The minimum Gasteiger partial charge on any atom is -0.466 e. The predicted octanol–water partition coefficient (Wildman–Crippen LogP) is 4.16. The first kappa shape index (κ1) is 17.2. The van der Waals surface area contributed by atoms with Crippen LogP contribution < -0.4 is 0 Å². The van der Waals surface area contributed by atoms with Gasteiger partial charge in [0.05, 0.1) is 12.5 Å². The fraction of sp³-hybridized carbons (Fsp3) is 0.789. The average Bonchev–Trinajstić information content (AvgIpc) is 2.72. The second-order valence-electron chi connectivity index (χ2n) is 8.08. The van der Waals surface area contributed by atoms with Gasteiger partial charge in [0.15, 0.2) is 5.78 Å². The quantitative estimate of drug-likeness (QED) is 0.566. The van der Waals surface area contributed by atoms with Crippen LogP contribution in [-0.4, -0.2) is 18.4 Å². The Morgan fingerprint density at radius 2 is 2.00 bits per heavy atom. The highest BCUT2D eigenvalue weighted by Gasteiger charge is 2.63. The molecule has 2 bridgehead atoms. The molecule has 124 valence electrons. The van der Waals surface area contributed by atoms with E-state index in [9.17, 15) is 9.59 Å². The van der Waals surface area contributed by atoms with Gasteiger partial charge in [0.1, 0.15) is 0 Å². The van der Waals surface area contributed by atoms with Crippen molar-refractivity contribution in [3.8, 4) is 0 Å². The van der Waals surface area contributed by atoms with Crippen LogP contribution >= 0.6 is 0 Å². The number of ether oxygens (including phenoxy) is 1. The third-order valence-electron chi connectivity index (χ3n) is 6.06. The topological polar surface area (TPSA) is 43.4 Å². The molecule has 0 aromatic heterocycles. The Hall–Kier alpha value is -1.12. The van der Waals surface area contributed by atoms with E-state index in [-0.39, 0.29) is 34.4 Å². The molecule has 2 aliphatic carbocycles. The second-order valence-corrected chi connectivity index (χ2v) is 8.08. The lowest BCUT2D eigenvalue weighted by atomic mass is 9.70. The van der Waals surface area contributed by atoms with Crippen molar-refractivity contribution in [3.63, 3.8) is 0 Å². The Kier molecular flexibility index (Phi) is 4.56. The second kappa shape index (κ2) is 5.82. The number of fused-ring (bicyclic) bond motifs is 2. The van der Waals surface area contributed by atoms with Crippen LogP contribution in [-0.2, 0) is 14.3 Å². The molecular formula is C19H30O3. The molecule has 0 aliphatic heterocycles. The van der Waals surface area contributed by atoms with Crippen LogP contribution in [0, 0.1) is 28.6 Å². The van der Waals surface area contributed by atoms with E-state index in [1.54, 1.807) is 0 Å². The van der Waals surface area contributed by atoms with Crippen molar-refractivity contribution < 1.29 is 14.3 Å². The number of hydrogen-bond acceptors (Lipinski definition) is 3. The first-order valence-electron chi connectivity index (χ1n) is 8.58. The minimum absolute atomic E-state index is 0.00699. The maximum atomic E-state index is 12.9. The summed E-state index contributed by atoms with van der Waals surface area (Å²) in [7, 11) is 0. The first-order chi connectivity index (χ1) is 10.1. The summed E-state index contributed by atoms with van der Waals surface area (Å²) in [4.78, 5) is 25.1. The molecule has 0 amide bonds. The van der Waals surface area contributed by atoms with E-state index in [0.717, 1.165) is 24.8 Å². The van der Waals surface area contributed by atoms with E-state index in [1.807, 2.05) is 13.0 Å². The molecule has 3 nitrogen and oxygen atoms in total. The SMILES string of the molecule is CCOC(=O)[C@@H](/C=C1\C(=O)[C@@]2(C)CC[C@H]1C2(C)C)CC(C)C. The summed E-state index contributed by atoms with van der Waals surface area (Å²) in [5.41, 5.74) is 0.616. The highest BCUT2D eigenvalue weighted by Crippen LogP contribution is 2.65. The lowest BCUT2D eigenvalue weighted by Gasteiger charge is -2.31. The van der Waals surface area contributed by atoms with E-state index in [2.05, 4.69) is 34.6 Å². The third-order valence-corrected chi connectivity index (χ3v) is 6.06. The Balaban J connectivity index is 2.33. The number of carbonyl (C=O) groups is 2. The number of carbonyl (C=O) groups excluding carboxylic acids is 2. The number of hydrogen-bond donors (Lipinski definition) is 0. The molecule has 0 aromatic rings. The van der Waals surface area contributed by atoms with Gasteiger partial charge in [0.25, 0.3) is 0 Å². The summed E-state index contributed by atoms with van der Waals surface area (Å²) in [6, 6.07) is 0. The fourth-order valence-corrected chi connectivity index (χ4v) is 4.33. The summed E-state index contributed by atoms with van der Waals surface area (Å²) in [5.74, 6) is 0.448. The van der Waals surface area contributed by atoms with Gasteiger partial charge < -0.3 is 4.74 Å². The fourth-order valence-electron chi connectivity index (χ4n) is 4.33. The van der Waals surface area contributed by atoms with E-state index >= 15 is 0 Å². The molecule has 0 N–H and O–H groups in total. The van der Waals surface area contributed by atoms with Crippen molar-refractivity contribution in [3.05, 3.63) is 11.6 Å². The standard InChI is InChI=1S/C19H30O3/c1-7-22-17(21)13(10-12(2)3)11-14-15-8-9-19(6,16(14)20)18(15,4)5/h11-13,15H,7-10H2,1-6H3/b14-11-/t13-,15-,19-/m1/s1. The van der Waals surface area contributed by atoms with Crippen LogP contribution in [0.15, 0.2) is 11.6 Å². The number of ketones is 1. The zero-order valence-corrected chi connectivity index (χ0v) is 14.9. The number of rotatable bonds is 5. The zero-order valence-electron chi connectivity index (χ0n) is 14.9. The van der Waals surface area contributed by atoms with Crippen LogP contribution in [0.5, 0.6) is 0 Å². The minimum atomic E-state index is -0.294. The number of Topliss-reactive ketones (excluding diaryl/α,β-unsaturated/α-hetero) is 1. The van der Waals surface area contributed by atoms with Gasteiger partial charge in [0, 0.05) is 5.41 Å². The summed E-state index contributed by atoms with van der Waals surface area (Å²) >= 11 is 0. The van der Waals surface area contributed by atoms with E-state index in [0.29, 0.717) is 12.5 Å². The van der Waals surface area contributed by atoms with Crippen molar-refractivity contribution in [2.45, 2.75) is 60.8 Å². The third kappa shape index (κ3) is 2.53. The lowest BCUT2D eigenvalue weighted by molar-refractivity contribution is -0.146. The maximum Gasteiger partial charge on any atom is 0.312 e. The van der Waals surface area contributed by atoms with Crippen molar-refractivity contribution in [1.29, 1.82) is 0 Å².